The van der Waals surface area contributed by atoms with Crippen molar-refractivity contribution < 1.29 is 0 Å². The molecule has 1 rings (SSSR count). The third-order valence-electron chi connectivity index (χ3n) is 1.72. The van der Waals surface area contributed by atoms with Crippen LogP contribution in [0.1, 0.15) is 39.5 Å². The van der Waals surface area contributed by atoms with Crippen LogP contribution in [0.2, 0.25) is 0 Å². The highest BCUT2D eigenvalue weighted by Crippen LogP contribution is 2.45. The summed E-state index contributed by atoms with van der Waals surface area (Å²) in [6.45, 7) is 4.51. The predicted molar refractivity (Wildman–Crippen MR) is 56.9 cm³/mol. The first-order valence-electron chi connectivity index (χ1n) is 4.40. The molecule has 1 unspecified atom stereocenters. The largest absolute Gasteiger partial charge is 0.0816 e. The van der Waals surface area contributed by atoms with E-state index in [0.717, 1.165) is 5.25 Å². The van der Waals surface area contributed by atoms with Gasteiger partial charge in [-0.15, -0.1) is 0 Å². The van der Waals surface area contributed by atoms with Gasteiger partial charge in [-0.05, 0) is 17.7 Å². The summed E-state index contributed by atoms with van der Waals surface area (Å²) < 4.78 is 0. The van der Waals surface area contributed by atoms with Gasteiger partial charge in [-0.25, -0.2) is 0 Å². The zero-order valence-corrected chi connectivity index (χ0v) is 8.93. The van der Waals surface area contributed by atoms with Crippen molar-refractivity contribution in [1.29, 1.82) is 0 Å². The highest BCUT2D eigenvalue weighted by atomic mass is 33.1. The van der Waals surface area contributed by atoms with Crippen LogP contribution in [0.4, 0.5) is 0 Å². The summed E-state index contributed by atoms with van der Waals surface area (Å²) >= 11 is 0. The molecule has 1 atom stereocenters. The summed E-state index contributed by atoms with van der Waals surface area (Å²) in [5, 5.41) is 0.812. The SMILES string of the molecule is CCCC1=CC(CCC)SS1. The standard InChI is InChI=1S/C9H16S2/c1-3-5-8-7-9(6-4-2)11-10-8/h7-8H,3-6H2,1-2H3. The van der Waals surface area contributed by atoms with Crippen LogP contribution < -0.4 is 0 Å². The third kappa shape index (κ3) is 3.12. The van der Waals surface area contributed by atoms with Crippen LogP contribution in [-0.4, -0.2) is 5.25 Å². The summed E-state index contributed by atoms with van der Waals surface area (Å²) in [7, 11) is 4.03. The topological polar surface area (TPSA) is 0 Å². The lowest BCUT2D eigenvalue weighted by Gasteiger charge is -1.99. The molecule has 0 saturated carbocycles. The predicted octanol–water partition coefficient (Wildman–Crippen LogP) is 4.23. The van der Waals surface area contributed by atoms with E-state index < -0.39 is 0 Å². The van der Waals surface area contributed by atoms with Gasteiger partial charge in [0.25, 0.3) is 0 Å². The molecular formula is C9H16S2. The van der Waals surface area contributed by atoms with E-state index in [0.29, 0.717) is 0 Å². The van der Waals surface area contributed by atoms with Gasteiger partial charge in [-0.3, -0.25) is 0 Å². The Morgan fingerprint density at radius 1 is 1.36 bits per heavy atom. The summed E-state index contributed by atoms with van der Waals surface area (Å²) in [6.07, 6.45) is 7.71. The van der Waals surface area contributed by atoms with Gasteiger partial charge < -0.3 is 0 Å². The lowest BCUT2D eigenvalue weighted by atomic mass is 10.2. The molecule has 11 heavy (non-hydrogen) atoms. The zero-order chi connectivity index (χ0) is 8.10. The van der Waals surface area contributed by atoms with E-state index in [4.69, 9.17) is 0 Å². The fourth-order valence-corrected chi connectivity index (χ4v) is 4.18. The minimum absolute atomic E-state index is 0.812. The molecule has 0 aromatic rings. The Balaban J connectivity index is 2.28. The van der Waals surface area contributed by atoms with E-state index in [2.05, 4.69) is 19.9 Å². The van der Waals surface area contributed by atoms with Crippen LogP contribution in [0, 0.1) is 0 Å². The van der Waals surface area contributed by atoms with Gasteiger partial charge in [-0.2, -0.15) is 0 Å². The maximum atomic E-state index is 2.46. The monoisotopic (exact) mass is 188 g/mol. The van der Waals surface area contributed by atoms with Crippen LogP contribution in [0.25, 0.3) is 0 Å². The highest BCUT2D eigenvalue weighted by molar-refractivity contribution is 8.78. The van der Waals surface area contributed by atoms with E-state index in [9.17, 15) is 0 Å². The average Bonchev–Trinajstić information content (AvgIpc) is 2.38. The first-order chi connectivity index (χ1) is 5.36. The molecule has 0 spiro atoms. The fraction of sp³-hybridized carbons (Fsp3) is 0.778. The van der Waals surface area contributed by atoms with Crippen molar-refractivity contribution in [2.45, 2.75) is 44.8 Å². The molecule has 0 saturated heterocycles. The molecule has 64 valence electrons. The second kappa shape index (κ2) is 5.15. The second-order valence-corrected chi connectivity index (χ2v) is 5.46. The summed E-state index contributed by atoms with van der Waals surface area (Å²) in [4.78, 5) is 1.61. The van der Waals surface area contributed by atoms with E-state index in [1.807, 2.05) is 21.6 Å². The Morgan fingerprint density at radius 2 is 2.18 bits per heavy atom. The van der Waals surface area contributed by atoms with Gasteiger partial charge >= 0.3 is 0 Å². The molecule has 0 aromatic carbocycles. The Labute approximate surface area is 77.6 Å². The van der Waals surface area contributed by atoms with Crippen LogP contribution in [0.15, 0.2) is 11.0 Å². The quantitative estimate of drug-likeness (QED) is 0.605. The lowest BCUT2D eigenvalue weighted by molar-refractivity contribution is 0.826. The van der Waals surface area contributed by atoms with Crippen molar-refractivity contribution >= 4 is 21.6 Å². The molecule has 0 radical (unpaired) electrons. The van der Waals surface area contributed by atoms with Crippen LogP contribution in [0.5, 0.6) is 0 Å². The molecule has 1 aliphatic heterocycles. The first kappa shape index (κ1) is 9.53. The Hall–Kier alpha value is 0.440. The number of hydrogen-bond donors (Lipinski definition) is 0. The van der Waals surface area contributed by atoms with Gasteiger partial charge in [0.2, 0.25) is 0 Å². The van der Waals surface area contributed by atoms with Gasteiger partial charge in [0.1, 0.15) is 0 Å². The molecule has 1 heterocycles. The summed E-state index contributed by atoms with van der Waals surface area (Å²) in [5.41, 5.74) is 0. The Morgan fingerprint density at radius 3 is 2.82 bits per heavy atom. The van der Waals surface area contributed by atoms with Gasteiger partial charge in [0.05, 0.1) is 0 Å². The summed E-state index contributed by atoms with van der Waals surface area (Å²) in [5.74, 6) is 0. The second-order valence-electron chi connectivity index (χ2n) is 2.89. The molecule has 1 aliphatic rings. The molecule has 0 nitrogen and oxygen atoms in total. The van der Waals surface area contributed by atoms with E-state index >= 15 is 0 Å². The minimum atomic E-state index is 0.812. The zero-order valence-electron chi connectivity index (χ0n) is 7.30. The fourth-order valence-electron chi connectivity index (χ4n) is 1.17. The Kier molecular flexibility index (Phi) is 4.46. The smallest absolute Gasteiger partial charge is 0.0345 e. The first-order valence-corrected chi connectivity index (χ1v) is 6.62. The van der Waals surface area contributed by atoms with Crippen molar-refractivity contribution in [3.8, 4) is 0 Å². The van der Waals surface area contributed by atoms with Crippen molar-refractivity contribution in [3.63, 3.8) is 0 Å². The van der Waals surface area contributed by atoms with Crippen molar-refractivity contribution in [3.05, 3.63) is 11.0 Å². The molecular weight excluding hydrogens is 172 g/mol. The number of allylic oxidation sites excluding steroid dienone is 1. The molecule has 0 bridgehead atoms. The van der Waals surface area contributed by atoms with Crippen LogP contribution in [-0.2, 0) is 0 Å². The van der Waals surface area contributed by atoms with Crippen molar-refractivity contribution in [2.75, 3.05) is 0 Å². The molecule has 0 aromatic heterocycles. The van der Waals surface area contributed by atoms with Gasteiger partial charge in [0, 0.05) is 5.25 Å². The number of hydrogen-bond acceptors (Lipinski definition) is 2. The minimum Gasteiger partial charge on any atom is -0.0816 e. The highest BCUT2D eigenvalue weighted by Gasteiger charge is 2.15. The lowest BCUT2D eigenvalue weighted by Crippen LogP contribution is -1.90. The van der Waals surface area contributed by atoms with Crippen molar-refractivity contribution in [2.24, 2.45) is 0 Å². The van der Waals surface area contributed by atoms with Crippen LogP contribution >= 0.6 is 21.6 Å². The average molecular weight is 188 g/mol. The van der Waals surface area contributed by atoms with E-state index in [-0.39, 0.29) is 0 Å². The van der Waals surface area contributed by atoms with E-state index in [1.165, 1.54) is 25.7 Å². The van der Waals surface area contributed by atoms with E-state index in [1.54, 1.807) is 4.91 Å². The summed E-state index contributed by atoms with van der Waals surface area (Å²) in [6, 6.07) is 0. The maximum Gasteiger partial charge on any atom is 0.0345 e. The third-order valence-corrected chi connectivity index (χ3v) is 4.66. The van der Waals surface area contributed by atoms with Crippen LogP contribution in [0.3, 0.4) is 0 Å². The molecule has 0 N–H and O–H groups in total. The molecule has 2 heteroatoms. The normalized spacial score (nSPS) is 23.8. The Bertz CT molecular complexity index is 140. The molecule has 0 aliphatic carbocycles. The molecule has 0 fully saturated rings. The van der Waals surface area contributed by atoms with Crippen molar-refractivity contribution in [1.82, 2.24) is 0 Å². The number of rotatable bonds is 4. The van der Waals surface area contributed by atoms with Gasteiger partial charge in [-0.1, -0.05) is 54.4 Å². The molecule has 0 amide bonds. The van der Waals surface area contributed by atoms with Gasteiger partial charge in [0.15, 0.2) is 0 Å². The maximum absolute atomic E-state index is 2.46.